The summed E-state index contributed by atoms with van der Waals surface area (Å²) in [6, 6.07) is 7.32. The standard InChI is InChI=1S/C15H20ClNO3/c1-15(2,3)20-14(19)17-9-12(10-18)7-11-5-4-6-13(16)8-11/h4-6,8,10,12H,7,9H2,1-3H3,(H,17,19). The lowest BCUT2D eigenvalue weighted by molar-refractivity contribution is -0.110. The Morgan fingerprint density at radius 2 is 2.15 bits per heavy atom. The molecule has 0 aliphatic rings. The number of halogens is 1. The first kappa shape index (κ1) is 16.5. The topological polar surface area (TPSA) is 55.4 Å². The summed E-state index contributed by atoms with van der Waals surface area (Å²) in [6.45, 7) is 5.60. The molecule has 1 N–H and O–H groups in total. The average molecular weight is 298 g/mol. The van der Waals surface area contributed by atoms with Crippen molar-refractivity contribution in [2.75, 3.05) is 6.54 Å². The maximum atomic E-state index is 11.5. The van der Waals surface area contributed by atoms with Crippen molar-refractivity contribution >= 4 is 24.0 Å². The van der Waals surface area contributed by atoms with Gasteiger partial charge in [0.05, 0.1) is 0 Å². The molecule has 1 aromatic rings. The molecule has 1 atom stereocenters. The van der Waals surface area contributed by atoms with Gasteiger partial charge in [-0.25, -0.2) is 4.79 Å². The van der Waals surface area contributed by atoms with Crippen molar-refractivity contribution in [3.63, 3.8) is 0 Å². The predicted octanol–water partition coefficient (Wildman–Crippen LogP) is 3.22. The first-order valence-electron chi connectivity index (χ1n) is 6.47. The molecule has 0 bridgehead atoms. The van der Waals surface area contributed by atoms with E-state index in [1.54, 1.807) is 26.8 Å². The Bertz CT molecular complexity index is 468. The largest absolute Gasteiger partial charge is 0.444 e. The van der Waals surface area contributed by atoms with Gasteiger partial charge in [-0.15, -0.1) is 0 Å². The van der Waals surface area contributed by atoms with Gasteiger partial charge in [0.1, 0.15) is 11.9 Å². The SMILES string of the molecule is CC(C)(C)OC(=O)NCC(C=O)Cc1cccc(Cl)c1. The highest BCUT2D eigenvalue weighted by Gasteiger charge is 2.17. The molecule has 0 spiro atoms. The van der Waals surface area contributed by atoms with Crippen LogP contribution in [-0.2, 0) is 16.0 Å². The van der Waals surface area contributed by atoms with Crippen LogP contribution in [0.25, 0.3) is 0 Å². The number of hydrogen-bond donors (Lipinski definition) is 1. The maximum Gasteiger partial charge on any atom is 0.407 e. The van der Waals surface area contributed by atoms with Crippen LogP contribution in [-0.4, -0.2) is 24.5 Å². The van der Waals surface area contributed by atoms with Gasteiger partial charge in [0.15, 0.2) is 0 Å². The van der Waals surface area contributed by atoms with E-state index in [1.165, 1.54) is 0 Å². The molecule has 0 saturated carbocycles. The summed E-state index contributed by atoms with van der Waals surface area (Å²) in [5, 5.41) is 3.23. The Balaban J connectivity index is 2.48. The van der Waals surface area contributed by atoms with E-state index in [4.69, 9.17) is 16.3 Å². The minimum absolute atomic E-state index is 0.241. The first-order valence-corrected chi connectivity index (χ1v) is 6.84. The molecule has 5 heteroatoms. The number of alkyl carbamates (subject to hydrolysis) is 1. The zero-order valence-electron chi connectivity index (χ0n) is 12.0. The lowest BCUT2D eigenvalue weighted by Crippen LogP contribution is -2.36. The van der Waals surface area contributed by atoms with Crippen LogP contribution in [0.5, 0.6) is 0 Å². The number of benzene rings is 1. The van der Waals surface area contributed by atoms with Gasteiger partial charge in [0.25, 0.3) is 0 Å². The van der Waals surface area contributed by atoms with E-state index >= 15 is 0 Å². The molecule has 1 amide bonds. The summed E-state index contributed by atoms with van der Waals surface area (Å²) in [5.41, 5.74) is 0.411. The van der Waals surface area contributed by atoms with Crippen molar-refractivity contribution in [1.82, 2.24) is 5.32 Å². The third-order valence-electron chi connectivity index (χ3n) is 2.49. The summed E-state index contributed by atoms with van der Waals surface area (Å²) in [7, 11) is 0. The lowest BCUT2D eigenvalue weighted by atomic mass is 10.0. The van der Waals surface area contributed by atoms with Crippen molar-refractivity contribution < 1.29 is 14.3 Å². The van der Waals surface area contributed by atoms with Gasteiger partial charge in [0, 0.05) is 17.5 Å². The molecular weight excluding hydrogens is 278 g/mol. The van der Waals surface area contributed by atoms with Gasteiger partial charge in [-0.05, 0) is 44.9 Å². The van der Waals surface area contributed by atoms with Crippen LogP contribution in [0.2, 0.25) is 5.02 Å². The summed E-state index contributed by atoms with van der Waals surface area (Å²) in [4.78, 5) is 22.6. The van der Waals surface area contributed by atoms with E-state index in [0.29, 0.717) is 11.4 Å². The number of hydrogen-bond acceptors (Lipinski definition) is 3. The van der Waals surface area contributed by atoms with Crippen LogP contribution in [0.4, 0.5) is 4.79 Å². The molecule has 0 radical (unpaired) electrons. The minimum Gasteiger partial charge on any atom is -0.444 e. The maximum absolute atomic E-state index is 11.5. The van der Waals surface area contributed by atoms with Gasteiger partial charge in [-0.1, -0.05) is 23.7 Å². The summed E-state index contributed by atoms with van der Waals surface area (Å²) in [5.74, 6) is -0.305. The zero-order valence-corrected chi connectivity index (χ0v) is 12.7. The van der Waals surface area contributed by atoms with Crippen LogP contribution >= 0.6 is 11.6 Å². The number of carbonyl (C=O) groups is 2. The molecule has 1 rings (SSSR count). The van der Waals surface area contributed by atoms with Crippen molar-refractivity contribution in [2.45, 2.75) is 32.8 Å². The number of carbonyl (C=O) groups excluding carboxylic acids is 2. The molecule has 20 heavy (non-hydrogen) atoms. The molecule has 0 saturated heterocycles. The fourth-order valence-electron chi connectivity index (χ4n) is 1.66. The van der Waals surface area contributed by atoms with Gasteiger partial charge >= 0.3 is 6.09 Å². The molecule has 110 valence electrons. The lowest BCUT2D eigenvalue weighted by Gasteiger charge is -2.20. The number of nitrogens with one attached hydrogen (secondary N) is 1. The predicted molar refractivity (Wildman–Crippen MR) is 78.9 cm³/mol. The second-order valence-corrected chi connectivity index (χ2v) is 6.05. The summed E-state index contributed by atoms with van der Waals surface area (Å²) >= 11 is 5.89. The van der Waals surface area contributed by atoms with Gasteiger partial charge in [-0.2, -0.15) is 0 Å². The van der Waals surface area contributed by atoms with E-state index < -0.39 is 11.7 Å². The Kier molecular flexibility index (Phi) is 6.02. The van der Waals surface area contributed by atoms with Crippen LogP contribution in [0, 0.1) is 5.92 Å². The molecule has 4 nitrogen and oxygen atoms in total. The molecular formula is C15H20ClNO3. The van der Waals surface area contributed by atoms with Crippen molar-refractivity contribution in [3.8, 4) is 0 Å². The molecule has 0 aliphatic carbocycles. The highest BCUT2D eigenvalue weighted by Crippen LogP contribution is 2.14. The molecule has 0 aromatic heterocycles. The number of ether oxygens (including phenoxy) is 1. The third-order valence-corrected chi connectivity index (χ3v) is 2.72. The smallest absolute Gasteiger partial charge is 0.407 e. The molecule has 1 unspecified atom stereocenters. The van der Waals surface area contributed by atoms with E-state index in [1.807, 2.05) is 18.2 Å². The quantitative estimate of drug-likeness (QED) is 0.849. The van der Waals surface area contributed by atoms with E-state index in [2.05, 4.69) is 5.32 Å². The molecule has 0 heterocycles. The Morgan fingerprint density at radius 1 is 1.45 bits per heavy atom. The number of amides is 1. The molecule has 0 fully saturated rings. The van der Waals surface area contributed by atoms with Crippen molar-refractivity contribution in [2.24, 2.45) is 5.92 Å². The van der Waals surface area contributed by atoms with E-state index in [-0.39, 0.29) is 12.5 Å². The van der Waals surface area contributed by atoms with Crippen LogP contribution in [0.15, 0.2) is 24.3 Å². The van der Waals surface area contributed by atoms with Crippen LogP contribution in [0.3, 0.4) is 0 Å². The molecule has 1 aromatic carbocycles. The van der Waals surface area contributed by atoms with Crippen LogP contribution < -0.4 is 5.32 Å². The minimum atomic E-state index is -0.548. The fourth-order valence-corrected chi connectivity index (χ4v) is 1.88. The molecule has 0 aliphatic heterocycles. The summed E-state index contributed by atoms with van der Waals surface area (Å²) < 4.78 is 5.11. The zero-order chi connectivity index (χ0) is 15.2. The summed E-state index contributed by atoms with van der Waals surface area (Å²) in [6.07, 6.45) is 0.841. The Hall–Kier alpha value is -1.55. The van der Waals surface area contributed by atoms with Gasteiger partial charge in [-0.3, -0.25) is 0 Å². The van der Waals surface area contributed by atoms with Gasteiger partial charge in [0.2, 0.25) is 0 Å². The number of rotatable bonds is 5. The average Bonchev–Trinajstić information content (AvgIpc) is 2.32. The number of aldehydes is 1. The second-order valence-electron chi connectivity index (χ2n) is 5.61. The first-order chi connectivity index (χ1) is 9.30. The van der Waals surface area contributed by atoms with E-state index in [0.717, 1.165) is 11.8 Å². The fraction of sp³-hybridized carbons (Fsp3) is 0.467. The van der Waals surface area contributed by atoms with E-state index in [9.17, 15) is 9.59 Å². The normalized spacial score (nSPS) is 12.6. The second kappa shape index (κ2) is 7.29. The Morgan fingerprint density at radius 3 is 2.70 bits per heavy atom. The highest BCUT2D eigenvalue weighted by atomic mass is 35.5. The van der Waals surface area contributed by atoms with Gasteiger partial charge < -0.3 is 14.8 Å². The third kappa shape index (κ3) is 6.57. The van der Waals surface area contributed by atoms with Crippen molar-refractivity contribution in [1.29, 1.82) is 0 Å². The van der Waals surface area contributed by atoms with Crippen molar-refractivity contribution in [3.05, 3.63) is 34.9 Å². The Labute approximate surface area is 124 Å². The monoisotopic (exact) mass is 297 g/mol. The van der Waals surface area contributed by atoms with Crippen LogP contribution in [0.1, 0.15) is 26.3 Å². The highest BCUT2D eigenvalue weighted by molar-refractivity contribution is 6.30.